The van der Waals surface area contributed by atoms with E-state index >= 15 is 0 Å². The van der Waals surface area contributed by atoms with Crippen molar-refractivity contribution in [3.8, 4) is 0 Å². The van der Waals surface area contributed by atoms with E-state index in [9.17, 15) is 9.59 Å². The molecule has 0 N–H and O–H groups in total. The Kier molecular flexibility index (Phi) is 5.11. The van der Waals surface area contributed by atoms with Crippen LogP contribution in [0.25, 0.3) is 16.8 Å². The molecule has 0 saturated carbocycles. The number of carbonyl (C=O) groups excluding carboxylic acids is 1. The molecule has 1 aliphatic rings. The van der Waals surface area contributed by atoms with Gasteiger partial charge in [-0.2, -0.15) is 0 Å². The number of nitrogens with zero attached hydrogens (tertiary/aromatic N) is 2. The molecule has 0 bridgehead atoms. The molecule has 0 aliphatic carbocycles. The first-order chi connectivity index (χ1) is 15.6. The van der Waals surface area contributed by atoms with Crippen LogP contribution in [0.5, 0.6) is 0 Å². The minimum atomic E-state index is -0.727. The molecular formula is C25H20N2O4S. The summed E-state index contributed by atoms with van der Waals surface area (Å²) in [4.78, 5) is 31.4. The Labute approximate surface area is 187 Å². The first-order valence-electron chi connectivity index (χ1n) is 10.3. The van der Waals surface area contributed by atoms with E-state index < -0.39 is 12.0 Å². The number of thiazole rings is 1. The molecule has 2 aromatic heterocycles. The lowest BCUT2D eigenvalue weighted by molar-refractivity contribution is -0.139. The second-order valence-corrected chi connectivity index (χ2v) is 8.40. The van der Waals surface area contributed by atoms with E-state index in [1.807, 2.05) is 48.5 Å². The Morgan fingerprint density at radius 1 is 1.19 bits per heavy atom. The zero-order valence-corrected chi connectivity index (χ0v) is 18.4. The average molecular weight is 445 g/mol. The molecule has 0 saturated heterocycles. The van der Waals surface area contributed by atoms with Crippen molar-refractivity contribution in [3.63, 3.8) is 0 Å². The van der Waals surface area contributed by atoms with Crippen molar-refractivity contribution in [1.82, 2.24) is 4.57 Å². The van der Waals surface area contributed by atoms with Crippen LogP contribution in [0.15, 0.2) is 86.3 Å². The number of rotatable bonds is 4. The summed E-state index contributed by atoms with van der Waals surface area (Å²) in [5.74, 6) is -0.0151. The lowest BCUT2D eigenvalue weighted by atomic mass is 10.0. The SMILES string of the molecule is CCOC(=O)C1=C(C)N=c2sc(=Cc3cccc4ccccc34)c(=O)n2C1c1ccco1. The van der Waals surface area contributed by atoms with Gasteiger partial charge in [0, 0.05) is 0 Å². The summed E-state index contributed by atoms with van der Waals surface area (Å²) in [6.45, 7) is 3.73. The van der Waals surface area contributed by atoms with Gasteiger partial charge in [0.1, 0.15) is 11.8 Å². The van der Waals surface area contributed by atoms with Gasteiger partial charge in [0.05, 0.1) is 28.7 Å². The molecule has 32 heavy (non-hydrogen) atoms. The van der Waals surface area contributed by atoms with Gasteiger partial charge in [-0.25, -0.2) is 9.79 Å². The van der Waals surface area contributed by atoms with E-state index in [0.29, 0.717) is 26.4 Å². The highest BCUT2D eigenvalue weighted by atomic mass is 32.1. The lowest BCUT2D eigenvalue weighted by Crippen LogP contribution is -2.39. The summed E-state index contributed by atoms with van der Waals surface area (Å²) >= 11 is 1.30. The number of furan rings is 1. The fourth-order valence-electron chi connectivity index (χ4n) is 4.03. The lowest BCUT2D eigenvalue weighted by Gasteiger charge is -2.22. The van der Waals surface area contributed by atoms with Crippen LogP contribution in [-0.2, 0) is 9.53 Å². The number of esters is 1. The van der Waals surface area contributed by atoms with Gasteiger partial charge in [-0.05, 0) is 48.4 Å². The molecule has 2 aromatic carbocycles. The van der Waals surface area contributed by atoms with Crippen molar-refractivity contribution >= 4 is 34.2 Å². The first kappa shape index (κ1) is 20.2. The van der Waals surface area contributed by atoms with E-state index in [1.54, 1.807) is 26.0 Å². The molecule has 160 valence electrons. The van der Waals surface area contributed by atoms with Gasteiger partial charge in [-0.3, -0.25) is 9.36 Å². The molecule has 0 radical (unpaired) electrons. The van der Waals surface area contributed by atoms with Crippen molar-refractivity contribution in [2.75, 3.05) is 6.61 Å². The van der Waals surface area contributed by atoms with Crippen LogP contribution in [0, 0.1) is 0 Å². The third kappa shape index (κ3) is 3.31. The highest BCUT2D eigenvalue weighted by Gasteiger charge is 2.35. The van der Waals surface area contributed by atoms with Crippen molar-refractivity contribution in [1.29, 1.82) is 0 Å². The normalized spacial score (nSPS) is 16.2. The van der Waals surface area contributed by atoms with E-state index in [4.69, 9.17) is 9.15 Å². The zero-order valence-electron chi connectivity index (χ0n) is 17.6. The Morgan fingerprint density at radius 3 is 2.78 bits per heavy atom. The number of fused-ring (bicyclic) bond motifs is 2. The maximum absolute atomic E-state index is 13.6. The molecule has 7 heteroatoms. The molecule has 1 aliphatic heterocycles. The van der Waals surface area contributed by atoms with Crippen molar-refractivity contribution in [3.05, 3.63) is 103 Å². The minimum Gasteiger partial charge on any atom is -0.467 e. The van der Waals surface area contributed by atoms with Gasteiger partial charge in [-0.15, -0.1) is 0 Å². The van der Waals surface area contributed by atoms with E-state index in [1.165, 1.54) is 22.2 Å². The van der Waals surface area contributed by atoms with Crippen molar-refractivity contribution in [2.24, 2.45) is 4.99 Å². The minimum absolute atomic E-state index is 0.225. The van der Waals surface area contributed by atoms with Gasteiger partial charge in [0.15, 0.2) is 4.80 Å². The Balaban J connectivity index is 1.74. The second-order valence-electron chi connectivity index (χ2n) is 7.39. The molecule has 0 spiro atoms. The number of hydrogen-bond donors (Lipinski definition) is 0. The second kappa shape index (κ2) is 8.09. The van der Waals surface area contributed by atoms with Crippen LogP contribution in [0.2, 0.25) is 0 Å². The number of aromatic nitrogens is 1. The monoisotopic (exact) mass is 444 g/mol. The van der Waals surface area contributed by atoms with Crippen LogP contribution in [0.3, 0.4) is 0 Å². The van der Waals surface area contributed by atoms with Crippen LogP contribution in [-0.4, -0.2) is 17.1 Å². The third-order valence-electron chi connectivity index (χ3n) is 5.44. The van der Waals surface area contributed by atoms with E-state index in [-0.39, 0.29) is 12.2 Å². The predicted molar refractivity (Wildman–Crippen MR) is 123 cm³/mol. The summed E-state index contributed by atoms with van der Waals surface area (Å²) in [5.41, 5.74) is 1.55. The van der Waals surface area contributed by atoms with E-state index in [0.717, 1.165) is 16.3 Å². The van der Waals surface area contributed by atoms with Crippen LogP contribution < -0.4 is 14.9 Å². The quantitative estimate of drug-likeness (QED) is 0.451. The Morgan fingerprint density at radius 2 is 2.00 bits per heavy atom. The summed E-state index contributed by atoms with van der Waals surface area (Å²) < 4.78 is 13.0. The van der Waals surface area contributed by atoms with Crippen LogP contribution in [0.4, 0.5) is 0 Å². The number of benzene rings is 2. The maximum atomic E-state index is 13.6. The van der Waals surface area contributed by atoms with Crippen molar-refractivity contribution < 1.29 is 13.9 Å². The molecule has 1 unspecified atom stereocenters. The molecule has 4 aromatic rings. The molecule has 6 nitrogen and oxygen atoms in total. The molecule has 5 rings (SSSR count). The highest BCUT2D eigenvalue weighted by molar-refractivity contribution is 7.07. The smallest absolute Gasteiger partial charge is 0.338 e. The number of hydrogen-bond acceptors (Lipinski definition) is 6. The standard InChI is InChI=1S/C25H20N2O4S/c1-3-30-24(29)21-15(2)26-25-27(22(21)19-12-7-13-31-19)23(28)20(32-25)14-17-10-6-9-16-8-4-5-11-18(16)17/h4-14,22H,3H2,1-2H3. The zero-order chi connectivity index (χ0) is 22.2. The highest BCUT2D eigenvalue weighted by Crippen LogP contribution is 2.30. The molecule has 1 atom stereocenters. The largest absolute Gasteiger partial charge is 0.467 e. The fourth-order valence-corrected chi connectivity index (χ4v) is 5.06. The van der Waals surface area contributed by atoms with Crippen molar-refractivity contribution in [2.45, 2.75) is 19.9 Å². The van der Waals surface area contributed by atoms with Gasteiger partial charge < -0.3 is 9.15 Å². The topological polar surface area (TPSA) is 73.8 Å². The molecule has 0 fully saturated rings. The first-order valence-corrected chi connectivity index (χ1v) is 11.1. The summed E-state index contributed by atoms with van der Waals surface area (Å²) in [7, 11) is 0. The van der Waals surface area contributed by atoms with Gasteiger partial charge >= 0.3 is 5.97 Å². The van der Waals surface area contributed by atoms with Gasteiger partial charge in [0.25, 0.3) is 5.56 Å². The number of ether oxygens (including phenoxy) is 1. The fraction of sp³-hybridized carbons (Fsp3) is 0.160. The van der Waals surface area contributed by atoms with Gasteiger partial charge in [0.2, 0.25) is 0 Å². The molecule has 3 heterocycles. The number of carbonyl (C=O) groups is 1. The molecule has 0 amide bonds. The summed E-state index contributed by atoms with van der Waals surface area (Å²) in [5, 5.41) is 2.16. The number of allylic oxidation sites excluding steroid dienone is 1. The third-order valence-corrected chi connectivity index (χ3v) is 6.42. The maximum Gasteiger partial charge on any atom is 0.338 e. The summed E-state index contributed by atoms with van der Waals surface area (Å²) in [6.07, 6.45) is 3.41. The Hall–Kier alpha value is -3.71. The molecular weight excluding hydrogens is 424 g/mol. The van der Waals surface area contributed by atoms with Crippen LogP contribution in [0.1, 0.15) is 31.2 Å². The van der Waals surface area contributed by atoms with Gasteiger partial charge in [-0.1, -0.05) is 53.8 Å². The summed E-state index contributed by atoms with van der Waals surface area (Å²) in [6, 6.07) is 16.8. The Bertz CT molecular complexity index is 1540. The van der Waals surface area contributed by atoms with E-state index in [2.05, 4.69) is 4.99 Å². The van der Waals surface area contributed by atoms with Crippen LogP contribution >= 0.6 is 11.3 Å². The average Bonchev–Trinajstić information content (AvgIpc) is 3.42. The predicted octanol–water partition coefficient (Wildman–Crippen LogP) is 3.54.